The van der Waals surface area contributed by atoms with E-state index in [4.69, 9.17) is 0 Å². The normalized spacial score (nSPS) is 31.1. The summed E-state index contributed by atoms with van der Waals surface area (Å²) >= 11 is 1.86. The van der Waals surface area contributed by atoms with Gasteiger partial charge in [0.05, 0.1) is 6.10 Å². The molecular weight excluding hydrogens is 228 g/mol. The molecule has 92 valence electrons. The van der Waals surface area contributed by atoms with Crippen LogP contribution in [0.4, 0.5) is 0 Å². The number of aliphatic hydroxyl groups excluding tert-OH is 1. The third-order valence-corrected chi connectivity index (χ3v) is 5.74. The van der Waals surface area contributed by atoms with Crippen LogP contribution in [0.15, 0.2) is 35.2 Å². The van der Waals surface area contributed by atoms with E-state index in [1.54, 1.807) is 0 Å². The van der Waals surface area contributed by atoms with Crippen LogP contribution in [0.3, 0.4) is 0 Å². The summed E-state index contributed by atoms with van der Waals surface area (Å²) in [4.78, 5) is 1.29. The van der Waals surface area contributed by atoms with Gasteiger partial charge in [0.2, 0.25) is 0 Å². The van der Waals surface area contributed by atoms with Crippen molar-refractivity contribution >= 4 is 11.8 Å². The highest BCUT2D eigenvalue weighted by Gasteiger charge is 2.53. The second kappa shape index (κ2) is 4.66. The molecule has 2 aliphatic rings. The van der Waals surface area contributed by atoms with Crippen molar-refractivity contribution in [2.75, 3.05) is 0 Å². The largest absolute Gasteiger partial charge is 0.391 e. The number of thioether (sulfide) groups is 1. The summed E-state index contributed by atoms with van der Waals surface area (Å²) in [6.07, 6.45) is 7.64. The molecule has 0 aromatic heterocycles. The van der Waals surface area contributed by atoms with Gasteiger partial charge in [-0.2, -0.15) is 0 Å². The SMILES string of the molecule is O[C@H]1[C@@H](Sc2ccccc2)CC12CCCCC2. The minimum Gasteiger partial charge on any atom is -0.391 e. The molecule has 0 bridgehead atoms. The van der Waals surface area contributed by atoms with Crippen molar-refractivity contribution in [3.8, 4) is 0 Å². The summed E-state index contributed by atoms with van der Waals surface area (Å²) < 4.78 is 0. The summed E-state index contributed by atoms with van der Waals surface area (Å²) in [6.45, 7) is 0. The van der Waals surface area contributed by atoms with Gasteiger partial charge in [0.25, 0.3) is 0 Å². The van der Waals surface area contributed by atoms with E-state index in [1.165, 1.54) is 43.4 Å². The van der Waals surface area contributed by atoms with Crippen LogP contribution >= 0.6 is 11.8 Å². The highest BCUT2D eigenvalue weighted by Crippen LogP contribution is 2.56. The Hall–Kier alpha value is -0.470. The Labute approximate surface area is 108 Å². The zero-order chi connectivity index (χ0) is 11.7. The fraction of sp³-hybridized carbons (Fsp3) is 0.600. The average molecular weight is 248 g/mol. The highest BCUT2D eigenvalue weighted by atomic mass is 32.2. The first-order valence-corrected chi connectivity index (χ1v) is 7.58. The zero-order valence-corrected chi connectivity index (χ0v) is 11.0. The molecule has 0 heterocycles. The van der Waals surface area contributed by atoms with Crippen LogP contribution in [0.1, 0.15) is 38.5 Å². The Morgan fingerprint density at radius 1 is 1.06 bits per heavy atom. The van der Waals surface area contributed by atoms with Crippen LogP contribution in [0.5, 0.6) is 0 Å². The van der Waals surface area contributed by atoms with E-state index < -0.39 is 0 Å². The Bertz CT molecular complexity index is 370. The zero-order valence-electron chi connectivity index (χ0n) is 10.1. The fourth-order valence-electron chi connectivity index (χ4n) is 3.40. The molecule has 0 radical (unpaired) electrons. The van der Waals surface area contributed by atoms with Crippen LogP contribution in [0, 0.1) is 5.41 Å². The lowest BCUT2D eigenvalue weighted by atomic mass is 9.58. The van der Waals surface area contributed by atoms with E-state index in [9.17, 15) is 5.11 Å². The van der Waals surface area contributed by atoms with Gasteiger partial charge in [-0.15, -0.1) is 11.8 Å². The smallest absolute Gasteiger partial charge is 0.0719 e. The minimum absolute atomic E-state index is 0.0759. The van der Waals surface area contributed by atoms with E-state index >= 15 is 0 Å². The van der Waals surface area contributed by atoms with Crippen molar-refractivity contribution in [2.45, 2.75) is 54.8 Å². The monoisotopic (exact) mass is 248 g/mol. The van der Waals surface area contributed by atoms with Gasteiger partial charge in [-0.1, -0.05) is 37.5 Å². The summed E-state index contributed by atoms with van der Waals surface area (Å²) in [6, 6.07) is 10.5. The van der Waals surface area contributed by atoms with Crippen LogP contribution in [0.2, 0.25) is 0 Å². The summed E-state index contributed by atoms with van der Waals surface area (Å²) in [5.41, 5.74) is 0.296. The lowest BCUT2D eigenvalue weighted by Gasteiger charge is -2.54. The molecule has 2 heteroatoms. The first-order valence-electron chi connectivity index (χ1n) is 6.70. The molecule has 0 unspecified atom stereocenters. The maximum absolute atomic E-state index is 10.4. The lowest BCUT2D eigenvalue weighted by Crippen LogP contribution is -2.55. The average Bonchev–Trinajstić information content (AvgIpc) is 2.40. The first kappa shape index (κ1) is 11.6. The standard InChI is InChI=1S/C15H20OS/c16-14-13(17-12-7-3-1-4-8-12)11-15(14)9-5-2-6-10-15/h1,3-4,7-8,13-14,16H,2,5-6,9-11H2/t13-,14-/m0/s1. The molecule has 1 aromatic rings. The molecule has 2 saturated carbocycles. The number of hydrogen-bond acceptors (Lipinski definition) is 2. The Balaban J connectivity index is 1.62. The molecule has 1 aromatic carbocycles. The van der Waals surface area contributed by atoms with Crippen molar-refractivity contribution in [1.29, 1.82) is 0 Å². The topological polar surface area (TPSA) is 20.2 Å². The van der Waals surface area contributed by atoms with Crippen molar-refractivity contribution in [2.24, 2.45) is 5.41 Å². The lowest BCUT2D eigenvalue weighted by molar-refractivity contribution is -0.0797. The molecule has 0 saturated heterocycles. The number of hydrogen-bond donors (Lipinski definition) is 1. The van der Waals surface area contributed by atoms with Gasteiger partial charge in [0.1, 0.15) is 0 Å². The van der Waals surface area contributed by atoms with Gasteiger partial charge in [0.15, 0.2) is 0 Å². The van der Waals surface area contributed by atoms with Crippen LogP contribution in [-0.4, -0.2) is 16.5 Å². The molecule has 2 aliphatic carbocycles. The predicted molar refractivity (Wildman–Crippen MR) is 72.2 cm³/mol. The molecule has 1 spiro atoms. The van der Waals surface area contributed by atoms with Crippen LogP contribution in [-0.2, 0) is 0 Å². The van der Waals surface area contributed by atoms with E-state index in [0.29, 0.717) is 10.7 Å². The maximum atomic E-state index is 10.4. The van der Waals surface area contributed by atoms with Crippen molar-refractivity contribution in [3.05, 3.63) is 30.3 Å². The van der Waals surface area contributed by atoms with Gasteiger partial charge in [0, 0.05) is 10.1 Å². The summed E-state index contributed by atoms with van der Waals surface area (Å²) in [5.74, 6) is 0. The van der Waals surface area contributed by atoms with Gasteiger partial charge >= 0.3 is 0 Å². The fourth-order valence-corrected chi connectivity index (χ4v) is 4.90. The summed E-state index contributed by atoms with van der Waals surface area (Å²) in [7, 11) is 0. The molecule has 17 heavy (non-hydrogen) atoms. The van der Waals surface area contributed by atoms with Crippen LogP contribution < -0.4 is 0 Å². The third kappa shape index (κ3) is 2.13. The molecular formula is C15H20OS. The Morgan fingerprint density at radius 3 is 2.41 bits per heavy atom. The molecule has 0 aliphatic heterocycles. The van der Waals surface area contributed by atoms with E-state index in [1.807, 2.05) is 17.8 Å². The van der Waals surface area contributed by atoms with Gasteiger partial charge in [-0.3, -0.25) is 0 Å². The molecule has 3 rings (SSSR count). The highest BCUT2D eigenvalue weighted by molar-refractivity contribution is 8.00. The predicted octanol–water partition coefficient (Wildman–Crippen LogP) is 3.86. The number of rotatable bonds is 2. The van der Waals surface area contributed by atoms with E-state index in [-0.39, 0.29) is 6.10 Å². The first-order chi connectivity index (χ1) is 8.30. The minimum atomic E-state index is -0.0759. The third-order valence-electron chi connectivity index (χ3n) is 4.47. The Kier molecular flexibility index (Phi) is 3.18. The molecule has 1 nitrogen and oxygen atoms in total. The number of benzene rings is 1. The molecule has 2 fully saturated rings. The van der Waals surface area contributed by atoms with Crippen molar-refractivity contribution in [3.63, 3.8) is 0 Å². The molecule has 0 amide bonds. The van der Waals surface area contributed by atoms with Gasteiger partial charge < -0.3 is 5.11 Å². The van der Waals surface area contributed by atoms with Crippen molar-refractivity contribution in [1.82, 2.24) is 0 Å². The quantitative estimate of drug-likeness (QED) is 0.857. The van der Waals surface area contributed by atoms with Crippen LogP contribution in [0.25, 0.3) is 0 Å². The summed E-state index contributed by atoms with van der Waals surface area (Å²) in [5, 5.41) is 10.8. The number of aliphatic hydroxyl groups is 1. The van der Waals surface area contributed by atoms with E-state index in [0.717, 1.165) is 0 Å². The molecule has 2 atom stereocenters. The molecule has 1 N–H and O–H groups in total. The van der Waals surface area contributed by atoms with Gasteiger partial charge in [-0.05, 0) is 36.8 Å². The van der Waals surface area contributed by atoms with Gasteiger partial charge in [-0.25, -0.2) is 0 Å². The second-order valence-electron chi connectivity index (χ2n) is 5.54. The Morgan fingerprint density at radius 2 is 1.76 bits per heavy atom. The van der Waals surface area contributed by atoms with E-state index in [2.05, 4.69) is 24.3 Å². The second-order valence-corrected chi connectivity index (χ2v) is 6.85. The van der Waals surface area contributed by atoms with Crippen molar-refractivity contribution < 1.29 is 5.11 Å². The maximum Gasteiger partial charge on any atom is 0.0719 e.